The van der Waals surface area contributed by atoms with Gasteiger partial charge in [-0.1, -0.05) is 31.5 Å². The van der Waals surface area contributed by atoms with Crippen molar-refractivity contribution in [3.63, 3.8) is 0 Å². The van der Waals surface area contributed by atoms with E-state index in [-0.39, 0.29) is 0 Å². The minimum absolute atomic E-state index is 0.396. The van der Waals surface area contributed by atoms with E-state index in [0.29, 0.717) is 17.5 Å². The normalized spacial score (nSPS) is 10.9. The maximum Gasteiger partial charge on any atom is 0.164 e. The summed E-state index contributed by atoms with van der Waals surface area (Å²) in [7, 11) is 0. The van der Waals surface area contributed by atoms with Gasteiger partial charge in [0.1, 0.15) is 18.7 Å². The van der Waals surface area contributed by atoms with Gasteiger partial charge in [-0.2, -0.15) is 5.10 Å². The third kappa shape index (κ3) is 3.47. The molecule has 0 unspecified atom stereocenters. The minimum atomic E-state index is 0.396. The van der Waals surface area contributed by atoms with Gasteiger partial charge >= 0.3 is 0 Å². The molecular formula is C13H16ClN3O. The van der Waals surface area contributed by atoms with Gasteiger partial charge in [-0.25, -0.2) is 9.67 Å². The first-order chi connectivity index (χ1) is 8.65. The van der Waals surface area contributed by atoms with Crippen LogP contribution in [0.4, 0.5) is 0 Å². The maximum absolute atomic E-state index is 5.89. The summed E-state index contributed by atoms with van der Waals surface area (Å²) >= 11 is 5.89. The quantitative estimate of drug-likeness (QED) is 0.834. The number of rotatable bonds is 5. The zero-order chi connectivity index (χ0) is 13.0. The Morgan fingerprint density at radius 3 is 2.94 bits per heavy atom. The van der Waals surface area contributed by atoms with E-state index in [1.165, 1.54) is 0 Å². The predicted octanol–water partition coefficient (Wildman–Crippen LogP) is 3.17. The third-order valence-electron chi connectivity index (χ3n) is 2.40. The Morgan fingerprint density at radius 1 is 1.39 bits per heavy atom. The van der Waals surface area contributed by atoms with Crippen LogP contribution in [0.2, 0.25) is 5.02 Å². The molecule has 0 amide bonds. The Kier molecular flexibility index (Phi) is 4.20. The second kappa shape index (κ2) is 5.87. The summed E-state index contributed by atoms with van der Waals surface area (Å²) in [4.78, 5) is 4.20. The van der Waals surface area contributed by atoms with Crippen molar-refractivity contribution < 1.29 is 4.74 Å². The molecule has 18 heavy (non-hydrogen) atoms. The molecule has 0 aliphatic heterocycles. The highest BCUT2D eigenvalue weighted by Crippen LogP contribution is 2.18. The average Bonchev–Trinajstić information content (AvgIpc) is 2.73. The summed E-state index contributed by atoms with van der Waals surface area (Å²) in [6, 6.07) is 7.33. The molecule has 0 N–H and O–H groups in total. The number of ether oxygens (including phenoxy) is 1. The molecule has 0 saturated carbocycles. The van der Waals surface area contributed by atoms with Gasteiger partial charge in [0.15, 0.2) is 5.82 Å². The van der Waals surface area contributed by atoms with Crippen LogP contribution in [0.1, 0.15) is 19.7 Å². The lowest BCUT2D eigenvalue weighted by molar-refractivity contribution is 0.282. The number of hydrogen-bond donors (Lipinski definition) is 0. The van der Waals surface area contributed by atoms with E-state index in [9.17, 15) is 0 Å². The smallest absolute Gasteiger partial charge is 0.164 e. The Labute approximate surface area is 112 Å². The predicted molar refractivity (Wildman–Crippen MR) is 70.6 cm³/mol. The molecule has 0 fully saturated rings. The van der Waals surface area contributed by atoms with Gasteiger partial charge in [0, 0.05) is 11.6 Å². The van der Waals surface area contributed by atoms with E-state index in [2.05, 4.69) is 23.9 Å². The first-order valence-electron chi connectivity index (χ1n) is 5.90. The molecule has 0 spiro atoms. The Balaban J connectivity index is 2.00. The lowest BCUT2D eigenvalue weighted by Crippen LogP contribution is -2.12. The molecule has 1 heterocycles. The van der Waals surface area contributed by atoms with E-state index in [1.807, 2.05) is 22.9 Å². The number of halogens is 1. The molecule has 2 rings (SSSR count). The molecule has 5 heteroatoms. The van der Waals surface area contributed by atoms with Crippen molar-refractivity contribution in [2.45, 2.75) is 27.0 Å². The van der Waals surface area contributed by atoms with E-state index < -0.39 is 0 Å². The number of hydrogen-bond acceptors (Lipinski definition) is 3. The Hall–Kier alpha value is -1.55. The van der Waals surface area contributed by atoms with Gasteiger partial charge in [-0.15, -0.1) is 0 Å². The van der Waals surface area contributed by atoms with Gasteiger partial charge in [-0.05, 0) is 24.1 Å². The molecule has 0 bridgehead atoms. The number of aromatic nitrogens is 3. The summed E-state index contributed by atoms with van der Waals surface area (Å²) in [5, 5.41) is 4.85. The van der Waals surface area contributed by atoms with Gasteiger partial charge in [0.25, 0.3) is 0 Å². The highest BCUT2D eigenvalue weighted by atomic mass is 35.5. The van der Waals surface area contributed by atoms with Crippen LogP contribution >= 0.6 is 11.6 Å². The SMILES string of the molecule is CC(C)Cn1ncnc1COc1cccc(Cl)c1. The molecular weight excluding hydrogens is 250 g/mol. The molecule has 0 saturated heterocycles. The summed E-state index contributed by atoms with van der Waals surface area (Å²) in [5.74, 6) is 2.09. The second-order valence-electron chi connectivity index (χ2n) is 4.50. The van der Waals surface area contributed by atoms with Crippen molar-refractivity contribution in [2.24, 2.45) is 5.92 Å². The van der Waals surface area contributed by atoms with Gasteiger partial charge in [-0.3, -0.25) is 0 Å². The van der Waals surface area contributed by atoms with Gasteiger partial charge in [0.2, 0.25) is 0 Å². The highest BCUT2D eigenvalue weighted by Gasteiger charge is 2.07. The van der Waals surface area contributed by atoms with Crippen molar-refractivity contribution in [3.05, 3.63) is 41.4 Å². The van der Waals surface area contributed by atoms with Crippen molar-refractivity contribution >= 4 is 11.6 Å². The third-order valence-corrected chi connectivity index (χ3v) is 2.63. The summed E-state index contributed by atoms with van der Waals surface area (Å²) < 4.78 is 7.52. The van der Waals surface area contributed by atoms with Crippen LogP contribution < -0.4 is 4.74 Å². The fourth-order valence-corrected chi connectivity index (χ4v) is 1.78. The van der Waals surface area contributed by atoms with Crippen molar-refractivity contribution in [1.29, 1.82) is 0 Å². The van der Waals surface area contributed by atoms with E-state index >= 15 is 0 Å². The second-order valence-corrected chi connectivity index (χ2v) is 4.93. The summed E-state index contributed by atoms with van der Waals surface area (Å²) in [6.45, 7) is 5.52. The average molecular weight is 266 g/mol. The van der Waals surface area contributed by atoms with Crippen LogP contribution in [0, 0.1) is 5.92 Å². The van der Waals surface area contributed by atoms with Crippen LogP contribution in [0.3, 0.4) is 0 Å². The summed E-state index contributed by atoms with van der Waals surface area (Å²) in [5.41, 5.74) is 0. The zero-order valence-electron chi connectivity index (χ0n) is 10.5. The first-order valence-corrected chi connectivity index (χ1v) is 6.28. The van der Waals surface area contributed by atoms with Gasteiger partial charge in [0.05, 0.1) is 0 Å². The maximum atomic E-state index is 5.89. The lowest BCUT2D eigenvalue weighted by atomic mass is 10.2. The van der Waals surface area contributed by atoms with E-state index in [4.69, 9.17) is 16.3 Å². The molecule has 0 radical (unpaired) electrons. The zero-order valence-corrected chi connectivity index (χ0v) is 11.3. The highest BCUT2D eigenvalue weighted by molar-refractivity contribution is 6.30. The summed E-state index contributed by atoms with van der Waals surface area (Å²) in [6.07, 6.45) is 1.55. The fourth-order valence-electron chi connectivity index (χ4n) is 1.60. The number of benzene rings is 1. The van der Waals surface area contributed by atoms with Crippen LogP contribution in [0.5, 0.6) is 5.75 Å². The molecule has 0 aliphatic rings. The Morgan fingerprint density at radius 2 is 2.22 bits per heavy atom. The molecule has 1 aromatic heterocycles. The topological polar surface area (TPSA) is 39.9 Å². The largest absolute Gasteiger partial charge is 0.486 e. The van der Waals surface area contributed by atoms with Crippen LogP contribution in [-0.4, -0.2) is 14.8 Å². The van der Waals surface area contributed by atoms with Crippen LogP contribution in [0.25, 0.3) is 0 Å². The molecule has 96 valence electrons. The fraction of sp³-hybridized carbons (Fsp3) is 0.385. The molecule has 2 aromatic rings. The van der Waals surface area contributed by atoms with Crippen molar-refractivity contribution in [3.8, 4) is 5.75 Å². The molecule has 1 aromatic carbocycles. The monoisotopic (exact) mass is 265 g/mol. The van der Waals surface area contributed by atoms with E-state index in [1.54, 1.807) is 12.4 Å². The Bertz CT molecular complexity index is 510. The van der Waals surface area contributed by atoms with E-state index in [0.717, 1.165) is 18.1 Å². The standard InChI is InChI=1S/C13H16ClN3O/c1-10(2)7-17-13(15-9-16-17)8-18-12-5-3-4-11(14)6-12/h3-6,9-10H,7-8H2,1-2H3. The minimum Gasteiger partial charge on any atom is -0.486 e. The van der Waals surface area contributed by atoms with Gasteiger partial charge < -0.3 is 4.74 Å². The number of nitrogens with zero attached hydrogens (tertiary/aromatic N) is 3. The van der Waals surface area contributed by atoms with Crippen LogP contribution in [-0.2, 0) is 13.2 Å². The lowest BCUT2D eigenvalue weighted by Gasteiger charge is -2.09. The molecule has 0 atom stereocenters. The van der Waals surface area contributed by atoms with Crippen molar-refractivity contribution in [2.75, 3.05) is 0 Å². The van der Waals surface area contributed by atoms with Crippen LogP contribution in [0.15, 0.2) is 30.6 Å². The first kappa shape index (κ1) is 12.9. The van der Waals surface area contributed by atoms with Crippen molar-refractivity contribution in [1.82, 2.24) is 14.8 Å². The molecule has 4 nitrogen and oxygen atoms in total. The molecule has 0 aliphatic carbocycles.